The summed E-state index contributed by atoms with van der Waals surface area (Å²) in [6, 6.07) is 2.24. The molecule has 0 aromatic carbocycles. The minimum atomic E-state index is -0.170. The van der Waals surface area contributed by atoms with Crippen LogP contribution in [0.5, 0.6) is 0 Å². The first-order valence-corrected chi connectivity index (χ1v) is 7.48. The van der Waals surface area contributed by atoms with Gasteiger partial charge in [-0.3, -0.25) is 0 Å². The summed E-state index contributed by atoms with van der Waals surface area (Å²) in [6.45, 7) is 7.59. The van der Waals surface area contributed by atoms with Crippen molar-refractivity contribution in [3.63, 3.8) is 0 Å². The summed E-state index contributed by atoms with van der Waals surface area (Å²) in [5.74, 6) is 0.706. The van der Waals surface area contributed by atoms with Gasteiger partial charge in [0.1, 0.15) is 5.60 Å². The number of anilines is 1. The van der Waals surface area contributed by atoms with Crippen LogP contribution >= 0.6 is 0 Å². The summed E-state index contributed by atoms with van der Waals surface area (Å²) in [5, 5.41) is 3.45. The summed E-state index contributed by atoms with van der Waals surface area (Å²) in [6.07, 6.45) is 3.33. The number of nitrogens with zero attached hydrogens (tertiary/aromatic N) is 2. The van der Waals surface area contributed by atoms with Crippen molar-refractivity contribution in [3.05, 3.63) is 17.5 Å². The van der Waals surface area contributed by atoms with E-state index in [4.69, 9.17) is 9.47 Å². The predicted octanol–water partition coefficient (Wildman–Crippen LogP) is 2.23. The highest BCUT2D eigenvalue weighted by molar-refractivity contribution is 5.34. The number of rotatable bonds is 4. The molecule has 1 aliphatic heterocycles. The van der Waals surface area contributed by atoms with Crippen LogP contribution in [-0.4, -0.2) is 40.9 Å². The fourth-order valence-electron chi connectivity index (χ4n) is 3.43. The molecule has 1 aromatic heterocycles. The van der Waals surface area contributed by atoms with Crippen LogP contribution in [0.15, 0.2) is 6.07 Å². The summed E-state index contributed by atoms with van der Waals surface area (Å²) >= 11 is 0. The van der Waals surface area contributed by atoms with Gasteiger partial charge in [-0.05, 0) is 46.1 Å². The monoisotopic (exact) mass is 277 g/mol. The van der Waals surface area contributed by atoms with Crippen LogP contribution in [0.2, 0.25) is 0 Å². The Morgan fingerprint density at radius 2 is 2.15 bits per heavy atom. The Balaban J connectivity index is 1.74. The lowest BCUT2D eigenvalue weighted by Crippen LogP contribution is -2.66. The van der Waals surface area contributed by atoms with Crippen LogP contribution in [0, 0.1) is 13.8 Å². The molecule has 20 heavy (non-hydrogen) atoms. The quantitative estimate of drug-likeness (QED) is 0.914. The predicted molar refractivity (Wildman–Crippen MR) is 76.9 cm³/mol. The van der Waals surface area contributed by atoms with Crippen LogP contribution in [0.4, 0.5) is 5.95 Å². The van der Waals surface area contributed by atoms with E-state index in [1.54, 1.807) is 0 Å². The molecule has 0 amide bonds. The molecule has 1 aliphatic carbocycles. The number of nitrogens with one attached hydrogen (secondary N) is 1. The van der Waals surface area contributed by atoms with Crippen molar-refractivity contribution in [2.45, 2.75) is 57.8 Å². The van der Waals surface area contributed by atoms with Gasteiger partial charge in [-0.25, -0.2) is 9.97 Å². The highest BCUT2D eigenvalue weighted by Crippen LogP contribution is 2.46. The largest absolute Gasteiger partial charge is 0.375 e. The average molecular weight is 277 g/mol. The molecule has 3 unspecified atom stereocenters. The van der Waals surface area contributed by atoms with Gasteiger partial charge in [-0.15, -0.1) is 0 Å². The van der Waals surface area contributed by atoms with Crippen LogP contribution in [0.25, 0.3) is 0 Å². The second-order valence-electron chi connectivity index (χ2n) is 5.76. The fraction of sp³-hybridized carbons (Fsp3) is 0.733. The van der Waals surface area contributed by atoms with E-state index >= 15 is 0 Å². The van der Waals surface area contributed by atoms with E-state index in [2.05, 4.69) is 15.3 Å². The van der Waals surface area contributed by atoms with E-state index < -0.39 is 0 Å². The van der Waals surface area contributed by atoms with Crippen molar-refractivity contribution in [1.29, 1.82) is 0 Å². The molecule has 1 spiro atoms. The topological polar surface area (TPSA) is 56.3 Å². The lowest BCUT2D eigenvalue weighted by atomic mass is 9.70. The van der Waals surface area contributed by atoms with E-state index in [-0.39, 0.29) is 17.7 Å². The zero-order chi connectivity index (χ0) is 14.2. The average Bonchev–Trinajstić information content (AvgIpc) is 2.88. The third kappa shape index (κ3) is 2.29. The van der Waals surface area contributed by atoms with E-state index in [9.17, 15) is 0 Å². The van der Waals surface area contributed by atoms with E-state index in [1.165, 1.54) is 0 Å². The summed E-state index contributed by atoms with van der Waals surface area (Å²) in [4.78, 5) is 8.93. The normalized spacial score (nSPS) is 32.4. The Kier molecular flexibility index (Phi) is 3.65. The molecular weight excluding hydrogens is 254 g/mol. The molecule has 2 fully saturated rings. The number of hydrogen-bond acceptors (Lipinski definition) is 5. The van der Waals surface area contributed by atoms with Crippen LogP contribution in [0.1, 0.15) is 37.6 Å². The summed E-state index contributed by atoms with van der Waals surface area (Å²) in [7, 11) is 0. The first-order chi connectivity index (χ1) is 9.64. The molecule has 3 rings (SSSR count). The van der Waals surface area contributed by atoms with Crippen LogP contribution < -0.4 is 5.32 Å². The Bertz CT molecular complexity index is 466. The zero-order valence-electron chi connectivity index (χ0n) is 12.5. The number of aromatic nitrogens is 2. The van der Waals surface area contributed by atoms with E-state index in [0.717, 1.165) is 43.9 Å². The van der Waals surface area contributed by atoms with Gasteiger partial charge >= 0.3 is 0 Å². The number of aryl methyl sites for hydroxylation is 2. The minimum Gasteiger partial charge on any atom is -0.375 e. The number of hydrogen-bond donors (Lipinski definition) is 1. The van der Waals surface area contributed by atoms with Gasteiger partial charge in [0, 0.05) is 24.6 Å². The van der Waals surface area contributed by atoms with Crippen LogP contribution in [-0.2, 0) is 9.47 Å². The molecular formula is C15H23N3O2. The van der Waals surface area contributed by atoms with Gasteiger partial charge in [0.25, 0.3) is 0 Å². The Labute approximate surface area is 120 Å². The smallest absolute Gasteiger partial charge is 0.223 e. The van der Waals surface area contributed by atoms with Crippen molar-refractivity contribution in [3.8, 4) is 0 Å². The zero-order valence-corrected chi connectivity index (χ0v) is 12.5. The van der Waals surface area contributed by atoms with Gasteiger partial charge in [0.05, 0.1) is 12.1 Å². The molecule has 0 bridgehead atoms. The van der Waals surface area contributed by atoms with Crippen molar-refractivity contribution in [2.75, 3.05) is 18.5 Å². The van der Waals surface area contributed by atoms with E-state index in [0.29, 0.717) is 5.95 Å². The molecule has 0 radical (unpaired) electrons. The minimum absolute atomic E-state index is 0.170. The molecule has 1 aromatic rings. The lowest BCUT2D eigenvalue weighted by Gasteiger charge is -2.52. The lowest BCUT2D eigenvalue weighted by molar-refractivity contribution is -0.184. The van der Waals surface area contributed by atoms with Crippen molar-refractivity contribution in [1.82, 2.24) is 9.97 Å². The molecule has 5 nitrogen and oxygen atoms in total. The third-order valence-electron chi connectivity index (χ3n) is 4.32. The van der Waals surface area contributed by atoms with Gasteiger partial charge < -0.3 is 14.8 Å². The van der Waals surface area contributed by atoms with Crippen LogP contribution in [0.3, 0.4) is 0 Å². The van der Waals surface area contributed by atoms with Crippen molar-refractivity contribution in [2.24, 2.45) is 0 Å². The van der Waals surface area contributed by atoms with Crippen molar-refractivity contribution < 1.29 is 9.47 Å². The second-order valence-corrected chi connectivity index (χ2v) is 5.76. The van der Waals surface area contributed by atoms with Crippen molar-refractivity contribution >= 4 is 5.95 Å². The SMILES string of the molecule is CCOC1CC(Nc2nc(C)cc(C)n2)C12CCCO2. The Hall–Kier alpha value is -1.20. The maximum absolute atomic E-state index is 6.04. The van der Waals surface area contributed by atoms with Gasteiger partial charge in [0.2, 0.25) is 5.95 Å². The maximum Gasteiger partial charge on any atom is 0.223 e. The first kappa shape index (κ1) is 13.8. The number of ether oxygens (including phenoxy) is 2. The third-order valence-corrected chi connectivity index (χ3v) is 4.32. The standard InChI is InChI=1S/C15H23N3O2/c1-4-19-13-9-12(15(13)6-5-7-20-15)18-14-16-10(2)8-11(3)17-14/h8,12-13H,4-7,9H2,1-3H3,(H,16,17,18). The summed E-state index contributed by atoms with van der Waals surface area (Å²) < 4.78 is 11.9. The van der Waals surface area contributed by atoms with E-state index in [1.807, 2.05) is 26.8 Å². The van der Waals surface area contributed by atoms with Gasteiger partial charge in [0.15, 0.2) is 0 Å². The second kappa shape index (κ2) is 5.30. The molecule has 5 heteroatoms. The highest BCUT2D eigenvalue weighted by atomic mass is 16.6. The molecule has 1 saturated heterocycles. The Morgan fingerprint density at radius 3 is 2.75 bits per heavy atom. The Morgan fingerprint density at radius 1 is 1.40 bits per heavy atom. The molecule has 2 aliphatic rings. The molecule has 3 atom stereocenters. The summed E-state index contributed by atoms with van der Waals surface area (Å²) in [5.41, 5.74) is 1.81. The molecule has 110 valence electrons. The molecule has 1 saturated carbocycles. The highest BCUT2D eigenvalue weighted by Gasteiger charge is 2.59. The van der Waals surface area contributed by atoms with Gasteiger partial charge in [-0.2, -0.15) is 0 Å². The fourth-order valence-corrected chi connectivity index (χ4v) is 3.43. The molecule has 2 heterocycles. The maximum atomic E-state index is 6.04. The first-order valence-electron chi connectivity index (χ1n) is 7.48. The van der Waals surface area contributed by atoms with Gasteiger partial charge in [-0.1, -0.05) is 0 Å². The molecule has 1 N–H and O–H groups in total.